The van der Waals surface area contributed by atoms with Crippen molar-refractivity contribution in [3.63, 3.8) is 0 Å². The van der Waals surface area contributed by atoms with E-state index < -0.39 is 17.8 Å². The topological polar surface area (TPSA) is 65.8 Å². The molecule has 2 spiro atoms. The molecule has 2 bridgehead atoms. The Balaban J connectivity index is 1.33. The van der Waals surface area contributed by atoms with Gasteiger partial charge < -0.3 is 19.8 Å². The molecule has 1 saturated heterocycles. The molecule has 0 amide bonds. The number of rotatable bonds is 2. The summed E-state index contributed by atoms with van der Waals surface area (Å²) in [5.41, 5.74) is 5.18. The first kappa shape index (κ1) is 24.1. The number of hydrogen-bond donors (Lipinski definition) is 2. The van der Waals surface area contributed by atoms with Crippen LogP contribution in [0.4, 0.5) is 0 Å². The van der Waals surface area contributed by atoms with E-state index in [1.165, 1.54) is 22.3 Å². The minimum absolute atomic E-state index is 0.0529. The molecule has 7 atom stereocenters. The maximum Gasteiger partial charge on any atom is 0.136 e. The van der Waals surface area contributed by atoms with Gasteiger partial charge in [0.25, 0.3) is 0 Å². The predicted molar refractivity (Wildman–Crippen MR) is 146 cm³/mol. The summed E-state index contributed by atoms with van der Waals surface area (Å²) in [5.74, 6) is 0.324. The third-order valence-electron chi connectivity index (χ3n) is 10.4. The van der Waals surface area contributed by atoms with Gasteiger partial charge in [0.1, 0.15) is 11.3 Å². The second-order valence-electron chi connectivity index (χ2n) is 12.5. The van der Waals surface area contributed by atoms with E-state index in [-0.39, 0.29) is 17.1 Å². The van der Waals surface area contributed by atoms with Crippen LogP contribution in [-0.2, 0) is 4.74 Å². The molecule has 5 aliphatic rings. The molecule has 2 aliphatic heterocycles. The van der Waals surface area contributed by atoms with Crippen molar-refractivity contribution >= 4 is 27.9 Å². The van der Waals surface area contributed by atoms with Crippen LogP contribution < -0.4 is 0 Å². The first-order chi connectivity index (χ1) is 17.6. The summed E-state index contributed by atoms with van der Waals surface area (Å²) in [7, 11) is 3.96. The number of pyridine rings is 1. The first-order valence-corrected chi connectivity index (χ1v) is 13.9. The number of fused-ring (bicyclic) bond motifs is 2. The number of hydrogen-bond acceptors (Lipinski definition) is 5. The smallest absolute Gasteiger partial charge is 0.136 e. The van der Waals surface area contributed by atoms with Gasteiger partial charge in [0.05, 0.1) is 17.3 Å². The summed E-state index contributed by atoms with van der Waals surface area (Å²) in [6.07, 6.45) is 9.20. The number of benzene rings is 1. The Morgan fingerprint density at radius 2 is 1.97 bits per heavy atom. The van der Waals surface area contributed by atoms with E-state index in [2.05, 4.69) is 49.2 Å². The Morgan fingerprint density at radius 1 is 1.16 bits per heavy atom. The van der Waals surface area contributed by atoms with Gasteiger partial charge in [0, 0.05) is 29.0 Å². The Morgan fingerprint density at radius 3 is 2.76 bits per heavy atom. The molecule has 1 unspecified atom stereocenters. The fraction of sp³-hybridized carbons (Fsp3) is 0.516. The number of allylic oxidation sites excluding steroid dienone is 3. The largest absolute Gasteiger partial charge is 0.388 e. The molecule has 6 heteroatoms. The van der Waals surface area contributed by atoms with Crippen LogP contribution in [0.3, 0.4) is 0 Å². The number of aliphatic hydroxyl groups is 2. The molecule has 1 aromatic carbocycles. The second-order valence-corrected chi connectivity index (χ2v) is 12.8. The minimum atomic E-state index is -0.901. The molecular formula is C31H35ClN2O3. The van der Waals surface area contributed by atoms with Gasteiger partial charge in [-0.1, -0.05) is 48.4 Å². The molecule has 0 radical (unpaired) electrons. The lowest BCUT2D eigenvalue weighted by Crippen LogP contribution is -2.62. The highest BCUT2D eigenvalue weighted by atomic mass is 35.5. The van der Waals surface area contributed by atoms with Gasteiger partial charge in [0.2, 0.25) is 0 Å². The quantitative estimate of drug-likeness (QED) is 0.528. The number of likely N-dealkylation sites (N-methyl/N-ethyl adjacent to an activating group) is 1. The predicted octanol–water partition coefficient (Wildman–Crippen LogP) is 5.30. The van der Waals surface area contributed by atoms with Gasteiger partial charge in [-0.05, 0) is 92.9 Å². The van der Waals surface area contributed by atoms with Crippen molar-refractivity contribution in [2.75, 3.05) is 14.1 Å². The van der Waals surface area contributed by atoms with E-state index in [0.717, 1.165) is 42.0 Å². The van der Waals surface area contributed by atoms with Crippen molar-refractivity contribution in [3.05, 3.63) is 70.1 Å². The molecule has 3 aliphatic carbocycles. The van der Waals surface area contributed by atoms with Crippen LogP contribution in [0.15, 0.2) is 59.3 Å². The number of nitrogens with zero attached hydrogens (tertiary/aromatic N) is 2. The summed E-state index contributed by atoms with van der Waals surface area (Å²) < 4.78 is 7.32. The molecule has 2 aromatic rings. The zero-order valence-electron chi connectivity index (χ0n) is 22.0. The summed E-state index contributed by atoms with van der Waals surface area (Å²) in [6, 6.07) is 8.44. The number of aromatic nitrogens is 1. The minimum Gasteiger partial charge on any atom is -0.388 e. The van der Waals surface area contributed by atoms with Gasteiger partial charge in [-0.2, -0.15) is 0 Å². The van der Waals surface area contributed by atoms with Crippen LogP contribution in [0.5, 0.6) is 0 Å². The molecule has 2 N–H and O–H groups in total. The molecular weight excluding hydrogens is 484 g/mol. The zero-order chi connectivity index (χ0) is 25.9. The lowest BCUT2D eigenvalue weighted by Gasteiger charge is -2.56. The molecule has 37 heavy (non-hydrogen) atoms. The normalized spacial score (nSPS) is 40.4. The van der Waals surface area contributed by atoms with Crippen LogP contribution in [0.1, 0.15) is 51.5 Å². The first-order valence-electron chi connectivity index (χ1n) is 13.5. The van der Waals surface area contributed by atoms with E-state index in [1.54, 1.807) is 6.20 Å². The van der Waals surface area contributed by atoms with Crippen LogP contribution in [0, 0.1) is 11.3 Å². The third kappa shape index (κ3) is 3.04. The molecule has 2 fully saturated rings. The van der Waals surface area contributed by atoms with Gasteiger partial charge >= 0.3 is 0 Å². The standard InChI is InChI=1S/C31H35ClN2O3/c1-17-15-29(2)21(19-5-6-20-18(13-19)9-12-33-28(20)32)7-8-25(29)31-11-10-30(37-31)16-24(34(3)4)27(36)26(35)23(30)14-22(17)31/h5-7,9,12-14,24-27,35-36H,8,10-11,15-16H2,1-4H3/t24-,25?,26+,27+,29+,30+,31+/m0/s1. The molecule has 3 heterocycles. The van der Waals surface area contributed by atoms with Crippen molar-refractivity contribution in [2.24, 2.45) is 11.3 Å². The Kier molecular flexibility index (Phi) is 5.05. The number of aliphatic hydroxyl groups excluding tert-OH is 2. The fourth-order valence-electron chi connectivity index (χ4n) is 8.76. The highest BCUT2D eigenvalue weighted by Crippen LogP contribution is 2.69. The maximum absolute atomic E-state index is 11.2. The van der Waals surface area contributed by atoms with Gasteiger partial charge in [-0.3, -0.25) is 0 Å². The fourth-order valence-corrected chi connectivity index (χ4v) is 8.99. The Labute approximate surface area is 223 Å². The lowest BCUT2D eigenvalue weighted by molar-refractivity contribution is -0.162. The van der Waals surface area contributed by atoms with E-state index in [1.807, 2.05) is 25.1 Å². The van der Waals surface area contributed by atoms with Crippen LogP contribution >= 0.6 is 11.6 Å². The monoisotopic (exact) mass is 518 g/mol. The molecule has 7 rings (SSSR count). The van der Waals surface area contributed by atoms with Crippen LogP contribution in [0.25, 0.3) is 16.3 Å². The highest BCUT2D eigenvalue weighted by molar-refractivity contribution is 6.34. The summed E-state index contributed by atoms with van der Waals surface area (Å²) in [5, 5.41) is 24.8. The SMILES string of the molecule is CC1=C2C=C3[C@@H](O)[C@H](O)[C@@H](N(C)C)C[C@]34CC[C@]2(O4)C2CC=C(c3ccc4c(Cl)nccc4c3)[C@@]2(C)C1. The van der Waals surface area contributed by atoms with E-state index in [0.29, 0.717) is 17.5 Å². The van der Waals surface area contributed by atoms with Crippen molar-refractivity contribution in [2.45, 2.75) is 75.4 Å². The zero-order valence-corrected chi connectivity index (χ0v) is 22.7. The molecule has 194 valence electrons. The highest BCUT2D eigenvalue weighted by Gasteiger charge is 2.68. The average molecular weight is 519 g/mol. The molecule has 5 nitrogen and oxygen atoms in total. The Hall–Kier alpha value is -2.02. The van der Waals surface area contributed by atoms with Crippen LogP contribution in [-0.4, -0.2) is 63.6 Å². The summed E-state index contributed by atoms with van der Waals surface area (Å²) >= 11 is 6.36. The van der Waals surface area contributed by atoms with E-state index in [4.69, 9.17) is 16.3 Å². The molecule has 1 saturated carbocycles. The van der Waals surface area contributed by atoms with Gasteiger partial charge in [0.15, 0.2) is 0 Å². The van der Waals surface area contributed by atoms with E-state index >= 15 is 0 Å². The van der Waals surface area contributed by atoms with Crippen molar-refractivity contribution in [3.8, 4) is 0 Å². The third-order valence-corrected chi connectivity index (χ3v) is 10.7. The van der Waals surface area contributed by atoms with Crippen molar-refractivity contribution in [1.29, 1.82) is 0 Å². The van der Waals surface area contributed by atoms with Gasteiger partial charge in [-0.15, -0.1) is 0 Å². The lowest BCUT2D eigenvalue weighted by atomic mass is 9.56. The molecule has 1 aromatic heterocycles. The Bertz CT molecular complexity index is 1430. The summed E-state index contributed by atoms with van der Waals surface area (Å²) in [6.45, 7) is 4.66. The van der Waals surface area contributed by atoms with Gasteiger partial charge in [-0.25, -0.2) is 4.98 Å². The van der Waals surface area contributed by atoms with Crippen molar-refractivity contribution < 1.29 is 14.9 Å². The number of ether oxygens (including phenoxy) is 1. The van der Waals surface area contributed by atoms with Crippen molar-refractivity contribution in [1.82, 2.24) is 9.88 Å². The second kappa shape index (κ2) is 7.77. The average Bonchev–Trinajstić information content (AvgIpc) is 3.36. The number of halogens is 1. The van der Waals surface area contributed by atoms with Crippen LogP contribution in [0.2, 0.25) is 5.15 Å². The maximum atomic E-state index is 11.2. The van der Waals surface area contributed by atoms with E-state index in [9.17, 15) is 10.2 Å². The summed E-state index contributed by atoms with van der Waals surface area (Å²) in [4.78, 5) is 6.27.